The van der Waals surface area contributed by atoms with Gasteiger partial charge >= 0.3 is 6.09 Å². The zero-order valence-corrected chi connectivity index (χ0v) is 15.7. The van der Waals surface area contributed by atoms with Crippen molar-refractivity contribution in [2.75, 3.05) is 19.8 Å². The molecule has 0 unspecified atom stereocenters. The molecule has 1 aliphatic heterocycles. The Morgan fingerprint density at radius 1 is 1.32 bits per heavy atom. The first-order chi connectivity index (χ1) is 11.6. The van der Waals surface area contributed by atoms with Crippen LogP contribution in [0.2, 0.25) is 0 Å². The molecule has 0 bridgehead atoms. The maximum Gasteiger partial charge on any atom is 0.410 e. The van der Waals surface area contributed by atoms with Gasteiger partial charge in [-0.3, -0.25) is 0 Å². The van der Waals surface area contributed by atoms with E-state index in [1.807, 2.05) is 0 Å². The lowest BCUT2D eigenvalue weighted by atomic mass is 10.1. The Hall–Kier alpha value is -1.86. The van der Waals surface area contributed by atoms with E-state index in [1.54, 1.807) is 39.0 Å². The number of rotatable bonds is 4. The summed E-state index contributed by atoms with van der Waals surface area (Å²) in [6.45, 7) is 10.1. The van der Waals surface area contributed by atoms with Crippen LogP contribution in [0.4, 0.5) is 4.79 Å². The monoisotopic (exact) mass is 367 g/mol. The molecule has 2 rings (SSSR count). The van der Waals surface area contributed by atoms with E-state index in [9.17, 15) is 13.2 Å². The highest BCUT2D eigenvalue weighted by atomic mass is 32.2. The molecule has 1 amide bonds. The number of hydrogen-bond acceptors (Lipinski definition) is 5. The van der Waals surface area contributed by atoms with Crippen molar-refractivity contribution in [3.05, 3.63) is 41.8 Å². The van der Waals surface area contributed by atoms with E-state index < -0.39 is 27.6 Å². The molecule has 1 saturated heterocycles. The quantitative estimate of drug-likeness (QED) is 0.818. The number of ether oxygens (including phenoxy) is 2. The molecular formula is C18H25NO5S. The molecule has 6 nitrogen and oxygen atoms in total. The fourth-order valence-corrected chi connectivity index (χ4v) is 3.78. The van der Waals surface area contributed by atoms with Crippen LogP contribution in [0.3, 0.4) is 0 Å². The summed E-state index contributed by atoms with van der Waals surface area (Å²) in [7, 11) is -3.65. The number of amides is 1. The Balaban J connectivity index is 2.13. The predicted octanol–water partition coefficient (Wildman–Crippen LogP) is 3.00. The molecule has 138 valence electrons. The number of hydrogen-bond donors (Lipinski definition) is 0. The standard InChI is InChI=1S/C18H25NO5S/c1-14(25(21,22)16-8-6-5-7-9-16)12-15-13-23-11-10-19(15)17(20)24-18(2,3)4/h5-9,15H,1,10-13H2,2-4H3/t15-/m0/s1. The molecule has 0 saturated carbocycles. The molecule has 1 fully saturated rings. The highest BCUT2D eigenvalue weighted by molar-refractivity contribution is 7.95. The highest BCUT2D eigenvalue weighted by Crippen LogP contribution is 2.25. The van der Waals surface area contributed by atoms with Crippen LogP contribution in [0.25, 0.3) is 0 Å². The highest BCUT2D eigenvalue weighted by Gasteiger charge is 2.33. The maximum atomic E-state index is 12.6. The second-order valence-corrected chi connectivity index (χ2v) is 9.02. The van der Waals surface area contributed by atoms with Gasteiger partial charge < -0.3 is 14.4 Å². The minimum absolute atomic E-state index is 0.0581. The van der Waals surface area contributed by atoms with Crippen molar-refractivity contribution in [3.63, 3.8) is 0 Å². The number of carbonyl (C=O) groups is 1. The van der Waals surface area contributed by atoms with Crippen molar-refractivity contribution in [1.82, 2.24) is 4.90 Å². The molecule has 7 heteroatoms. The topological polar surface area (TPSA) is 72.9 Å². The molecule has 0 N–H and O–H groups in total. The van der Waals surface area contributed by atoms with Crippen LogP contribution in [0.1, 0.15) is 27.2 Å². The molecule has 0 aliphatic carbocycles. The summed E-state index contributed by atoms with van der Waals surface area (Å²) in [5, 5.41) is 0. The summed E-state index contributed by atoms with van der Waals surface area (Å²) in [6, 6.07) is 7.72. The second-order valence-electron chi connectivity index (χ2n) is 6.96. The van der Waals surface area contributed by atoms with E-state index in [2.05, 4.69) is 6.58 Å². The third-order valence-corrected chi connectivity index (χ3v) is 5.57. The van der Waals surface area contributed by atoms with Gasteiger partial charge in [-0.05, 0) is 32.9 Å². The lowest BCUT2D eigenvalue weighted by molar-refractivity contribution is -0.0316. The average Bonchev–Trinajstić information content (AvgIpc) is 2.54. The minimum Gasteiger partial charge on any atom is -0.444 e. The average molecular weight is 367 g/mol. The fourth-order valence-electron chi connectivity index (χ4n) is 2.52. The minimum atomic E-state index is -3.65. The van der Waals surface area contributed by atoms with Gasteiger partial charge in [0.1, 0.15) is 5.60 Å². The van der Waals surface area contributed by atoms with E-state index in [0.717, 1.165) is 0 Å². The van der Waals surface area contributed by atoms with Crippen LogP contribution < -0.4 is 0 Å². The van der Waals surface area contributed by atoms with E-state index >= 15 is 0 Å². The Morgan fingerprint density at radius 2 is 1.96 bits per heavy atom. The van der Waals surface area contributed by atoms with Crippen molar-refractivity contribution >= 4 is 15.9 Å². The van der Waals surface area contributed by atoms with Crippen LogP contribution in [0, 0.1) is 0 Å². The summed E-state index contributed by atoms with van der Waals surface area (Å²) >= 11 is 0. The van der Waals surface area contributed by atoms with Gasteiger partial charge in [0.15, 0.2) is 0 Å². The van der Waals surface area contributed by atoms with Gasteiger partial charge in [0.05, 0.1) is 24.2 Å². The van der Waals surface area contributed by atoms with Crippen LogP contribution in [-0.4, -0.2) is 50.8 Å². The van der Waals surface area contributed by atoms with Crippen molar-refractivity contribution < 1.29 is 22.7 Å². The molecule has 1 aromatic carbocycles. The van der Waals surface area contributed by atoms with E-state index in [1.165, 1.54) is 17.0 Å². The van der Waals surface area contributed by atoms with E-state index in [-0.39, 0.29) is 22.8 Å². The summed E-state index contributed by atoms with van der Waals surface area (Å²) < 4.78 is 36.1. The Bertz CT molecular complexity index is 722. The molecule has 1 atom stereocenters. The zero-order valence-electron chi connectivity index (χ0n) is 14.9. The molecular weight excluding hydrogens is 342 g/mol. The van der Waals surface area contributed by atoms with Gasteiger partial charge in [-0.2, -0.15) is 0 Å². The van der Waals surface area contributed by atoms with Gasteiger partial charge in [-0.25, -0.2) is 13.2 Å². The lowest BCUT2D eigenvalue weighted by Gasteiger charge is -2.36. The van der Waals surface area contributed by atoms with Crippen LogP contribution in [0.15, 0.2) is 46.7 Å². The molecule has 1 heterocycles. The van der Waals surface area contributed by atoms with Crippen molar-refractivity contribution in [2.45, 2.75) is 43.7 Å². The van der Waals surface area contributed by atoms with Crippen LogP contribution in [0.5, 0.6) is 0 Å². The molecule has 1 aromatic rings. The third kappa shape index (κ3) is 5.06. The second kappa shape index (κ2) is 7.58. The molecule has 0 aromatic heterocycles. The first-order valence-electron chi connectivity index (χ1n) is 8.16. The van der Waals surface area contributed by atoms with E-state index in [0.29, 0.717) is 13.2 Å². The van der Waals surface area contributed by atoms with Gasteiger partial charge in [0.2, 0.25) is 9.84 Å². The summed E-state index contributed by atoms with van der Waals surface area (Å²) in [5.74, 6) is 0. The largest absolute Gasteiger partial charge is 0.444 e. The maximum absolute atomic E-state index is 12.6. The fraction of sp³-hybridized carbons (Fsp3) is 0.500. The Kier molecular flexibility index (Phi) is 5.90. The normalized spacial score (nSPS) is 18.7. The predicted molar refractivity (Wildman–Crippen MR) is 94.9 cm³/mol. The van der Waals surface area contributed by atoms with Gasteiger partial charge in [0.25, 0.3) is 0 Å². The Morgan fingerprint density at radius 3 is 2.56 bits per heavy atom. The molecule has 0 spiro atoms. The van der Waals surface area contributed by atoms with Crippen molar-refractivity contribution in [3.8, 4) is 0 Å². The lowest BCUT2D eigenvalue weighted by Crippen LogP contribution is -2.50. The first kappa shape index (κ1) is 19.5. The number of nitrogens with zero attached hydrogens (tertiary/aromatic N) is 1. The summed E-state index contributed by atoms with van der Waals surface area (Å²) in [4.78, 5) is 14.2. The number of sulfone groups is 1. The SMILES string of the molecule is C=C(C[C@H]1COCCN1C(=O)OC(C)(C)C)S(=O)(=O)c1ccccc1. The molecule has 0 radical (unpaired) electrons. The van der Waals surface area contributed by atoms with E-state index in [4.69, 9.17) is 9.47 Å². The van der Waals surface area contributed by atoms with Crippen LogP contribution >= 0.6 is 0 Å². The molecule has 25 heavy (non-hydrogen) atoms. The third-order valence-electron chi connectivity index (χ3n) is 3.75. The van der Waals surface area contributed by atoms with Gasteiger partial charge in [-0.1, -0.05) is 24.8 Å². The summed E-state index contributed by atoms with van der Waals surface area (Å²) in [6.07, 6.45) is -0.359. The van der Waals surface area contributed by atoms with Crippen LogP contribution in [-0.2, 0) is 19.3 Å². The van der Waals surface area contributed by atoms with Gasteiger partial charge in [0, 0.05) is 17.9 Å². The Labute approximate surface area is 149 Å². The molecule has 1 aliphatic rings. The van der Waals surface area contributed by atoms with Crippen molar-refractivity contribution in [2.24, 2.45) is 0 Å². The number of benzene rings is 1. The first-order valence-corrected chi connectivity index (χ1v) is 9.65. The van der Waals surface area contributed by atoms with Gasteiger partial charge in [-0.15, -0.1) is 0 Å². The smallest absolute Gasteiger partial charge is 0.410 e. The zero-order chi connectivity index (χ0) is 18.7. The number of morpholine rings is 1. The summed E-state index contributed by atoms with van der Waals surface area (Å²) in [5.41, 5.74) is -0.618. The van der Waals surface area contributed by atoms with Crippen molar-refractivity contribution in [1.29, 1.82) is 0 Å². The number of carbonyl (C=O) groups excluding carboxylic acids is 1.